The van der Waals surface area contributed by atoms with Gasteiger partial charge in [-0.05, 0) is 49.9 Å². The molecule has 5 nitrogen and oxygen atoms in total. The Morgan fingerprint density at radius 2 is 1.86 bits per heavy atom. The fraction of sp³-hybridized carbons (Fsp3) is 0.412. The van der Waals surface area contributed by atoms with Crippen LogP contribution in [0.1, 0.15) is 30.0 Å². The second-order valence-corrected chi connectivity index (χ2v) is 5.60. The van der Waals surface area contributed by atoms with Gasteiger partial charge in [0, 0.05) is 29.6 Å². The molecule has 1 aromatic heterocycles. The van der Waals surface area contributed by atoms with Gasteiger partial charge in [0.25, 0.3) is 5.56 Å². The molecule has 0 aliphatic heterocycles. The van der Waals surface area contributed by atoms with Gasteiger partial charge in [0.1, 0.15) is 0 Å². The molecule has 2 aromatic rings. The number of rotatable bonds is 5. The highest BCUT2D eigenvalue weighted by atomic mass is 16.2. The molecule has 0 bridgehead atoms. The first-order chi connectivity index (χ1) is 10.5. The van der Waals surface area contributed by atoms with Crippen LogP contribution in [0.25, 0.3) is 10.9 Å². The molecule has 0 radical (unpaired) electrons. The van der Waals surface area contributed by atoms with Gasteiger partial charge in [0.15, 0.2) is 0 Å². The first-order valence-corrected chi connectivity index (χ1v) is 7.66. The molecule has 0 fully saturated rings. The molecule has 0 spiro atoms. The van der Waals surface area contributed by atoms with Gasteiger partial charge in [0.2, 0.25) is 0 Å². The first kappa shape index (κ1) is 16.1. The number of fused-ring (bicyclic) bond motifs is 1. The van der Waals surface area contributed by atoms with Crippen LogP contribution in [0.3, 0.4) is 0 Å². The number of aromatic amines is 1. The van der Waals surface area contributed by atoms with Crippen LogP contribution in [-0.2, 0) is 6.42 Å². The molecule has 118 valence electrons. The summed E-state index contributed by atoms with van der Waals surface area (Å²) in [7, 11) is 0. The van der Waals surface area contributed by atoms with Crippen molar-refractivity contribution in [3.63, 3.8) is 0 Å². The third-order valence-electron chi connectivity index (χ3n) is 3.61. The molecule has 1 aromatic carbocycles. The predicted molar refractivity (Wildman–Crippen MR) is 89.4 cm³/mol. The standard InChI is InChI=1S/C17H23N3O2/c1-4-6-18-17(22)19-7-5-13-10-14-12(3)8-11(2)9-15(14)20-16(13)21/h8-10H,4-7H2,1-3H3,(H,20,21)(H2,18,19,22). The lowest BCUT2D eigenvalue weighted by Crippen LogP contribution is -2.37. The van der Waals surface area contributed by atoms with E-state index >= 15 is 0 Å². The van der Waals surface area contributed by atoms with E-state index in [1.54, 1.807) is 0 Å². The number of amides is 2. The van der Waals surface area contributed by atoms with Gasteiger partial charge < -0.3 is 15.6 Å². The third-order valence-corrected chi connectivity index (χ3v) is 3.61. The Bertz CT molecular complexity index is 734. The average Bonchev–Trinajstić information content (AvgIpc) is 2.46. The van der Waals surface area contributed by atoms with Gasteiger partial charge in [0.05, 0.1) is 0 Å². The highest BCUT2D eigenvalue weighted by Crippen LogP contribution is 2.18. The van der Waals surface area contributed by atoms with Crippen molar-refractivity contribution in [1.29, 1.82) is 0 Å². The lowest BCUT2D eigenvalue weighted by molar-refractivity contribution is 0.241. The SMILES string of the molecule is CCCNC(=O)NCCc1cc2c(C)cc(C)cc2[nH]c1=O. The van der Waals surface area contributed by atoms with E-state index in [0.717, 1.165) is 28.5 Å². The average molecular weight is 301 g/mol. The second-order valence-electron chi connectivity index (χ2n) is 5.60. The fourth-order valence-corrected chi connectivity index (χ4v) is 2.51. The number of carbonyl (C=O) groups is 1. The number of H-pyrrole nitrogens is 1. The van der Waals surface area contributed by atoms with E-state index in [-0.39, 0.29) is 11.6 Å². The number of aromatic nitrogens is 1. The lowest BCUT2D eigenvalue weighted by Gasteiger charge is -2.09. The minimum Gasteiger partial charge on any atom is -0.338 e. The minimum atomic E-state index is -0.189. The molecule has 3 N–H and O–H groups in total. The van der Waals surface area contributed by atoms with Gasteiger partial charge in [-0.3, -0.25) is 4.79 Å². The van der Waals surface area contributed by atoms with Crippen LogP contribution in [0.2, 0.25) is 0 Å². The zero-order valence-corrected chi connectivity index (χ0v) is 13.4. The maximum absolute atomic E-state index is 12.1. The van der Waals surface area contributed by atoms with Crippen molar-refractivity contribution in [2.24, 2.45) is 0 Å². The largest absolute Gasteiger partial charge is 0.338 e. The van der Waals surface area contributed by atoms with Crippen molar-refractivity contribution in [2.75, 3.05) is 13.1 Å². The monoisotopic (exact) mass is 301 g/mol. The maximum atomic E-state index is 12.1. The fourth-order valence-electron chi connectivity index (χ4n) is 2.51. The number of carbonyl (C=O) groups excluding carboxylic acids is 1. The molecule has 2 amide bonds. The molecule has 2 rings (SSSR count). The van der Waals surface area contributed by atoms with Crippen LogP contribution in [0.15, 0.2) is 23.0 Å². The van der Waals surface area contributed by atoms with Crippen molar-refractivity contribution in [1.82, 2.24) is 15.6 Å². The summed E-state index contributed by atoms with van der Waals surface area (Å²) >= 11 is 0. The Balaban J connectivity index is 2.10. The van der Waals surface area contributed by atoms with Crippen LogP contribution in [-0.4, -0.2) is 24.1 Å². The molecule has 0 aliphatic carbocycles. The maximum Gasteiger partial charge on any atom is 0.314 e. The van der Waals surface area contributed by atoms with Crippen LogP contribution in [0, 0.1) is 13.8 Å². The molecule has 1 heterocycles. The summed E-state index contributed by atoms with van der Waals surface area (Å²) in [6.07, 6.45) is 1.41. The normalized spacial score (nSPS) is 10.7. The number of urea groups is 1. The van der Waals surface area contributed by atoms with Crippen LogP contribution < -0.4 is 16.2 Å². The van der Waals surface area contributed by atoms with Crippen molar-refractivity contribution in [3.05, 3.63) is 45.2 Å². The summed E-state index contributed by atoms with van der Waals surface area (Å²) in [6, 6.07) is 5.81. The second kappa shape index (κ2) is 7.11. The van der Waals surface area contributed by atoms with Crippen LogP contribution >= 0.6 is 0 Å². The van der Waals surface area contributed by atoms with Crippen LogP contribution in [0.4, 0.5) is 4.79 Å². The van der Waals surface area contributed by atoms with E-state index in [0.29, 0.717) is 25.1 Å². The van der Waals surface area contributed by atoms with Gasteiger partial charge in [-0.2, -0.15) is 0 Å². The summed E-state index contributed by atoms with van der Waals surface area (Å²) in [4.78, 5) is 26.5. The van der Waals surface area contributed by atoms with Crippen molar-refractivity contribution in [2.45, 2.75) is 33.6 Å². The molecule has 5 heteroatoms. The van der Waals surface area contributed by atoms with Gasteiger partial charge in [-0.15, -0.1) is 0 Å². The number of benzene rings is 1. The van der Waals surface area contributed by atoms with Crippen molar-refractivity contribution in [3.8, 4) is 0 Å². The van der Waals surface area contributed by atoms with E-state index in [4.69, 9.17) is 0 Å². The Labute approximate surface area is 130 Å². The van der Waals surface area contributed by atoms with Gasteiger partial charge in [-0.25, -0.2) is 4.79 Å². The summed E-state index contributed by atoms with van der Waals surface area (Å²) in [6.45, 7) is 7.14. The molecule has 0 unspecified atom stereocenters. The van der Waals surface area contributed by atoms with Gasteiger partial charge >= 0.3 is 6.03 Å². The smallest absolute Gasteiger partial charge is 0.314 e. The van der Waals surface area contributed by atoms with E-state index in [2.05, 4.69) is 21.7 Å². The molecular weight excluding hydrogens is 278 g/mol. The number of pyridine rings is 1. The summed E-state index contributed by atoms with van der Waals surface area (Å²) in [5.74, 6) is 0. The minimum absolute atomic E-state index is 0.0896. The molecule has 0 saturated heterocycles. The van der Waals surface area contributed by atoms with Crippen molar-refractivity contribution < 1.29 is 4.79 Å². The highest BCUT2D eigenvalue weighted by molar-refractivity contribution is 5.83. The molecule has 0 saturated carbocycles. The Morgan fingerprint density at radius 3 is 2.59 bits per heavy atom. The number of aryl methyl sites for hydroxylation is 2. The van der Waals surface area contributed by atoms with E-state index in [1.165, 1.54) is 0 Å². The molecule has 22 heavy (non-hydrogen) atoms. The summed E-state index contributed by atoms with van der Waals surface area (Å²) < 4.78 is 0. The predicted octanol–water partition coefficient (Wildman–Crippen LogP) is 2.40. The topological polar surface area (TPSA) is 74.0 Å². The van der Waals surface area contributed by atoms with E-state index in [9.17, 15) is 9.59 Å². The molecule has 0 aliphatic rings. The summed E-state index contributed by atoms with van der Waals surface area (Å²) in [5.41, 5.74) is 3.73. The van der Waals surface area contributed by atoms with E-state index in [1.807, 2.05) is 32.9 Å². The van der Waals surface area contributed by atoms with Gasteiger partial charge in [-0.1, -0.05) is 13.0 Å². The molecular formula is C17H23N3O2. The first-order valence-electron chi connectivity index (χ1n) is 7.66. The summed E-state index contributed by atoms with van der Waals surface area (Å²) in [5, 5.41) is 6.56. The Kier molecular flexibility index (Phi) is 5.20. The van der Waals surface area contributed by atoms with E-state index < -0.39 is 0 Å². The zero-order valence-electron chi connectivity index (χ0n) is 13.4. The molecule has 0 atom stereocenters. The van der Waals surface area contributed by atoms with Crippen LogP contribution in [0.5, 0.6) is 0 Å². The third kappa shape index (κ3) is 3.87. The lowest BCUT2D eigenvalue weighted by atomic mass is 10.0. The highest BCUT2D eigenvalue weighted by Gasteiger charge is 2.06. The number of hydrogen-bond acceptors (Lipinski definition) is 2. The Hall–Kier alpha value is -2.30. The number of nitrogens with one attached hydrogen (secondary N) is 3. The Morgan fingerprint density at radius 1 is 1.14 bits per heavy atom. The quantitative estimate of drug-likeness (QED) is 0.793. The number of hydrogen-bond donors (Lipinski definition) is 3. The van der Waals surface area contributed by atoms with Crippen molar-refractivity contribution >= 4 is 16.9 Å². The zero-order chi connectivity index (χ0) is 16.1.